The normalized spacial score (nSPS) is 18.3. The summed E-state index contributed by atoms with van der Waals surface area (Å²) in [4.78, 5) is 47.0. The first kappa shape index (κ1) is 29.5. The van der Waals surface area contributed by atoms with Gasteiger partial charge in [-0.3, -0.25) is 10.2 Å². The van der Waals surface area contributed by atoms with E-state index in [-0.39, 0.29) is 18.1 Å². The molecule has 2 bridgehead atoms. The summed E-state index contributed by atoms with van der Waals surface area (Å²) in [5, 5.41) is 2.80. The van der Waals surface area contributed by atoms with Crippen LogP contribution in [0.1, 0.15) is 32.8 Å². The Morgan fingerprint density at radius 3 is 2.45 bits per heavy atom. The van der Waals surface area contributed by atoms with Crippen LogP contribution >= 0.6 is 0 Å². The van der Waals surface area contributed by atoms with Crippen molar-refractivity contribution in [2.75, 3.05) is 59.3 Å². The van der Waals surface area contributed by atoms with E-state index in [1.54, 1.807) is 40.3 Å². The predicted octanol–water partition coefficient (Wildman–Crippen LogP) is 5.25. The molecule has 44 heavy (non-hydrogen) atoms. The molecule has 1 aromatic carbocycles. The summed E-state index contributed by atoms with van der Waals surface area (Å²) < 4.78 is 45.6. The van der Waals surface area contributed by atoms with Crippen molar-refractivity contribution in [3.05, 3.63) is 54.2 Å². The van der Waals surface area contributed by atoms with Gasteiger partial charge in [-0.15, -0.1) is 0 Å². The Morgan fingerprint density at radius 2 is 1.73 bits per heavy atom. The van der Waals surface area contributed by atoms with Crippen LogP contribution in [0.5, 0.6) is 0 Å². The van der Waals surface area contributed by atoms with Gasteiger partial charge in [0, 0.05) is 51.0 Å². The Morgan fingerprint density at radius 1 is 0.955 bits per heavy atom. The lowest BCUT2D eigenvalue weighted by Crippen LogP contribution is -2.50. The number of fused-ring (bicyclic) bond motifs is 4. The minimum Gasteiger partial charge on any atom is -0.444 e. The van der Waals surface area contributed by atoms with Crippen LogP contribution in [-0.4, -0.2) is 82.9 Å². The Labute approximate surface area is 252 Å². The Bertz CT molecular complexity index is 1570. The molecule has 0 unspecified atom stereocenters. The smallest absolute Gasteiger partial charge is 0.416 e. The first-order chi connectivity index (χ1) is 20.9. The molecule has 2 saturated heterocycles. The molecule has 1 N–H and O–H groups in total. The van der Waals surface area contributed by atoms with E-state index in [0.29, 0.717) is 62.0 Å². The Kier molecular flexibility index (Phi) is 7.46. The molecule has 2 aromatic heterocycles. The SMILES string of the molecule is CC(C)(C)OC(=O)N1CCN(c2ccnc(NC(=O)N3c4nc(-c5cccc(C(F)(F)F)c5)ccc4N4CC[C@H]3C4)n2)CC1. The van der Waals surface area contributed by atoms with Crippen LogP contribution in [0, 0.1) is 0 Å². The number of nitrogens with zero attached hydrogens (tertiary/aromatic N) is 7. The highest BCUT2D eigenvalue weighted by Crippen LogP contribution is 2.41. The van der Waals surface area contributed by atoms with Gasteiger partial charge in [0.2, 0.25) is 5.95 Å². The van der Waals surface area contributed by atoms with Crippen LogP contribution in [0.3, 0.4) is 0 Å². The summed E-state index contributed by atoms with van der Waals surface area (Å²) in [6.07, 6.45) is -2.57. The number of anilines is 4. The third-order valence-electron chi connectivity index (χ3n) is 7.77. The molecule has 3 amide bonds. The molecule has 14 heteroatoms. The van der Waals surface area contributed by atoms with E-state index >= 15 is 0 Å². The number of halogens is 3. The fraction of sp³-hybridized carbons (Fsp3) is 0.433. The van der Waals surface area contributed by atoms with E-state index < -0.39 is 23.4 Å². The molecular formula is C30H33F3N8O3. The molecule has 6 rings (SSSR count). The van der Waals surface area contributed by atoms with E-state index in [9.17, 15) is 22.8 Å². The number of alkyl halides is 3. The third kappa shape index (κ3) is 6.06. The van der Waals surface area contributed by atoms with Gasteiger partial charge >= 0.3 is 18.3 Å². The molecule has 5 heterocycles. The average Bonchev–Trinajstić information content (AvgIpc) is 3.40. The molecular weight excluding hydrogens is 577 g/mol. The number of urea groups is 1. The maximum absolute atomic E-state index is 13.7. The van der Waals surface area contributed by atoms with Crippen LogP contribution in [0.4, 0.5) is 46.0 Å². The molecule has 0 aliphatic carbocycles. The van der Waals surface area contributed by atoms with Gasteiger partial charge in [-0.25, -0.2) is 19.6 Å². The molecule has 3 aromatic rings. The zero-order valence-electron chi connectivity index (χ0n) is 24.6. The summed E-state index contributed by atoms with van der Waals surface area (Å²) in [6.45, 7) is 8.82. The molecule has 0 saturated carbocycles. The second kappa shape index (κ2) is 11.1. The van der Waals surface area contributed by atoms with Crippen molar-refractivity contribution in [3.63, 3.8) is 0 Å². The van der Waals surface area contributed by atoms with Crippen LogP contribution < -0.4 is 20.0 Å². The number of hydrogen-bond acceptors (Lipinski definition) is 8. The summed E-state index contributed by atoms with van der Waals surface area (Å²) in [5.74, 6) is 1.09. The van der Waals surface area contributed by atoms with Crippen LogP contribution in [0.25, 0.3) is 11.3 Å². The van der Waals surface area contributed by atoms with Crippen molar-refractivity contribution in [2.45, 2.75) is 45.0 Å². The Balaban J connectivity index is 1.19. The summed E-state index contributed by atoms with van der Waals surface area (Å²) in [7, 11) is 0. The monoisotopic (exact) mass is 610 g/mol. The zero-order valence-corrected chi connectivity index (χ0v) is 24.6. The van der Waals surface area contributed by atoms with Gasteiger partial charge in [0.1, 0.15) is 11.4 Å². The molecule has 1 atom stereocenters. The lowest BCUT2D eigenvalue weighted by atomic mass is 10.1. The predicted molar refractivity (Wildman–Crippen MR) is 159 cm³/mol. The molecule has 11 nitrogen and oxygen atoms in total. The van der Waals surface area contributed by atoms with Crippen molar-refractivity contribution in [3.8, 4) is 11.3 Å². The standard InChI is InChI=1S/C30H33F3N8O3/c1-29(2,3)44-28(43)39-15-13-38(14-16-39)24-9-11-34-26(36-24)37-27(42)41-21-10-12-40(18-21)23-8-7-22(35-25(23)41)19-5-4-6-20(17-19)30(31,32)33/h4-9,11,17,21H,10,12-16,18H2,1-3H3,(H,34,36,37,42)/t21-/m0/s1. The number of piperazine rings is 1. The van der Waals surface area contributed by atoms with Crippen molar-refractivity contribution < 1.29 is 27.5 Å². The number of pyridine rings is 1. The molecule has 3 aliphatic rings. The number of hydrogen-bond donors (Lipinski definition) is 1. The van der Waals surface area contributed by atoms with Gasteiger partial charge in [0.15, 0.2) is 5.82 Å². The van der Waals surface area contributed by atoms with Crippen LogP contribution in [0.15, 0.2) is 48.7 Å². The van der Waals surface area contributed by atoms with Gasteiger partial charge in [0.05, 0.1) is 23.0 Å². The quantitative estimate of drug-likeness (QED) is 0.429. The summed E-state index contributed by atoms with van der Waals surface area (Å²) in [5.41, 5.74) is 0.0329. The number of rotatable bonds is 3. The molecule has 0 radical (unpaired) electrons. The van der Waals surface area contributed by atoms with E-state index in [1.165, 1.54) is 6.07 Å². The Hall–Kier alpha value is -4.62. The number of nitrogens with one attached hydrogen (secondary N) is 1. The number of carbonyl (C=O) groups excluding carboxylic acids is 2. The zero-order chi connectivity index (χ0) is 31.2. The fourth-order valence-electron chi connectivity index (χ4n) is 5.67. The second-order valence-corrected chi connectivity index (χ2v) is 12.0. The molecule has 2 fully saturated rings. The lowest BCUT2D eigenvalue weighted by Gasteiger charge is -2.36. The highest BCUT2D eigenvalue weighted by molar-refractivity contribution is 6.04. The van der Waals surface area contributed by atoms with E-state index in [4.69, 9.17) is 9.72 Å². The van der Waals surface area contributed by atoms with Crippen molar-refractivity contribution in [1.82, 2.24) is 19.9 Å². The maximum atomic E-state index is 13.7. The van der Waals surface area contributed by atoms with E-state index in [0.717, 1.165) is 24.4 Å². The van der Waals surface area contributed by atoms with Gasteiger partial charge in [-0.05, 0) is 57.5 Å². The summed E-state index contributed by atoms with van der Waals surface area (Å²) >= 11 is 0. The minimum absolute atomic E-state index is 0.109. The number of amides is 3. The van der Waals surface area contributed by atoms with Gasteiger partial charge in [-0.2, -0.15) is 18.2 Å². The molecule has 3 aliphatic heterocycles. The molecule has 0 spiro atoms. The van der Waals surface area contributed by atoms with Crippen molar-refractivity contribution in [2.24, 2.45) is 0 Å². The highest BCUT2D eigenvalue weighted by Gasteiger charge is 2.41. The topological polar surface area (TPSA) is 107 Å². The average molecular weight is 611 g/mol. The van der Waals surface area contributed by atoms with E-state index in [1.807, 2.05) is 25.7 Å². The number of carbonyl (C=O) groups is 2. The van der Waals surface area contributed by atoms with Crippen LogP contribution in [-0.2, 0) is 10.9 Å². The first-order valence-corrected chi connectivity index (χ1v) is 14.5. The van der Waals surface area contributed by atoms with Crippen molar-refractivity contribution >= 4 is 35.4 Å². The number of benzene rings is 1. The van der Waals surface area contributed by atoms with Gasteiger partial charge in [0.25, 0.3) is 0 Å². The second-order valence-electron chi connectivity index (χ2n) is 12.0. The number of aromatic nitrogens is 3. The van der Waals surface area contributed by atoms with Crippen LogP contribution in [0.2, 0.25) is 0 Å². The largest absolute Gasteiger partial charge is 0.444 e. The minimum atomic E-state index is -4.48. The summed E-state index contributed by atoms with van der Waals surface area (Å²) in [6, 6.07) is 9.57. The molecule has 232 valence electrons. The number of ether oxygens (including phenoxy) is 1. The van der Waals surface area contributed by atoms with Crippen molar-refractivity contribution in [1.29, 1.82) is 0 Å². The lowest BCUT2D eigenvalue weighted by molar-refractivity contribution is -0.137. The fourth-order valence-corrected chi connectivity index (χ4v) is 5.67. The highest BCUT2D eigenvalue weighted by atomic mass is 19.4. The maximum Gasteiger partial charge on any atom is 0.416 e. The van der Waals surface area contributed by atoms with E-state index in [2.05, 4.69) is 20.2 Å². The third-order valence-corrected chi connectivity index (χ3v) is 7.77. The van der Waals surface area contributed by atoms with Gasteiger partial charge < -0.3 is 19.4 Å². The van der Waals surface area contributed by atoms with Gasteiger partial charge in [-0.1, -0.05) is 12.1 Å². The first-order valence-electron chi connectivity index (χ1n) is 14.5.